The van der Waals surface area contributed by atoms with Crippen LogP contribution in [-0.2, 0) is 13.1 Å². The maximum Gasteiger partial charge on any atom is 0.289 e. The molecule has 1 aromatic carbocycles. The molecule has 0 unspecified atom stereocenters. The van der Waals surface area contributed by atoms with Gasteiger partial charge in [-0.3, -0.25) is 4.79 Å². The molecule has 1 amide bonds. The second kappa shape index (κ2) is 6.04. The fourth-order valence-electron chi connectivity index (χ4n) is 1.73. The van der Waals surface area contributed by atoms with Gasteiger partial charge >= 0.3 is 0 Å². The lowest BCUT2D eigenvalue weighted by molar-refractivity contribution is 0.0751. The van der Waals surface area contributed by atoms with Gasteiger partial charge in [-0.25, -0.2) is 0 Å². The zero-order valence-electron chi connectivity index (χ0n) is 10.6. The number of carbonyl (C=O) groups excluding carboxylic acids is 1. The molecule has 0 saturated heterocycles. The van der Waals surface area contributed by atoms with Crippen LogP contribution < -0.4 is 5.73 Å². The van der Waals surface area contributed by atoms with Gasteiger partial charge in [0, 0.05) is 18.1 Å². The Morgan fingerprint density at radius 1 is 1.26 bits per heavy atom. The molecule has 0 aliphatic heterocycles. The van der Waals surface area contributed by atoms with Crippen LogP contribution in [0.3, 0.4) is 0 Å². The van der Waals surface area contributed by atoms with E-state index in [0.29, 0.717) is 24.6 Å². The van der Waals surface area contributed by atoms with Crippen molar-refractivity contribution in [1.29, 1.82) is 0 Å². The van der Waals surface area contributed by atoms with E-state index in [4.69, 9.17) is 10.2 Å². The van der Waals surface area contributed by atoms with Gasteiger partial charge in [0.05, 0.1) is 6.54 Å². The Morgan fingerprint density at radius 2 is 1.95 bits per heavy atom. The fraction of sp³-hybridized carbons (Fsp3) is 0.214. The molecule has 0 aliphatic carbocycles. The van der Waals surface area contributed by atoms with E-state index < -0.39 is 0 Å². The summed E-state index contributed by atoms with van der Waals surface area (Å²) in [4.78, 5) is 13.7. The first kappa shape index (κ1) is 13.8. The molecule has 0 spiro atoms. The molecular formula is C14H15BrN2O2. The average Bonchev–Trinajstić information content (AvgIpc) is 2.89. The smallest absolute Gasteiger partial charge is 0.289 e. The van der Waals surface area contributed by atoms with Crippen LogP contribution in [0.15, 0.2) is 45.3 Å². The second-order valence-corrected chi connectivity index (χ2v) is 5.17. The van der Waals surface area contributed by atoms with Crippen LogP contribution >= 0.6 is 15.9 Å². The van der Waals surface area contributed by atoms with Crippen molar-refractivity contribution in [2.24, 2.45) is 5.73 Å². The van der Waals surface area contributed by atoms with E-state index in [9.17, 15) is 4.79 Å². The molecule has 1 heterocycles. The highest BCUT2D eigenvalue weighted by molar-refractivity contribution is 9.10. The Hall–Kier alpha value is -1.59. The summed E-state index contributed by atoms with van der Waals surface area (Å²) in [6.45, 7) is 0.828. The molecule has 1 aromatic heterocycles. The predicted octanol–water partition coefficient (Wildman–Crippen LogP) is 2.77. The lowest BCUT2D eigenvalue weighted by atomic mass is 10.2. The molecule has 0 bridgehead atoms. The first-order valence-electron chi connectivity index (χ1n) is 5.89. The standard InChI is InChI=1S/C14H15BrN2O2/c1-17(9-10-2-4-11(15)5-3-10)14(18)13-7-6-12(8-16)19-13/h2-7H,8-9,16H2,1H3. The van der Waals surface area contributed by atoms with Crippen LogP contribution in [0.1, 0.15) is 21.9 Å². The van der Waals surface area contributed by atoms with Gasteiger partial charge < -0.3 is 15.1 Å². The highest BCUT2D eigenvalue weighted by Crippen LogP contribution is 2.14. The topological polar surface area (TPSA) is 59.5 Å². The van der Waals surface area contributed by atoms with Gasteiger partial charge in [0.1, 0.15) is 5.76 Å². The molecule has 4 nitrogen and oxygen atoms in total. The van der Waals surface area contributed by atoms with Gasteiger partial charge in [-0.1, -0.05) is 28.1 Å². The predicted molar refractivity (Wildman–Crippen MR) is 76.5 cm³/mol. The fourth-order valence-corrected chi connectivity index (χ4v) is 1.99. The third-order valence-corrected chi connectivity index (χ3v) is 3.28. The van der Waals surface area contributed by atoms with Crippen molar-refractivity contribution in [3.63, 3.8) is 0 Å². The summed E-state index contributed by atoms with van der Waals surface area (Å²) >= 11 is 3.38. The molecule has 100 valence electrons. The molecule has 0 aliphatic rings. The lowest BCUT2D eigenvalue weighted by Gasteiger charge is -2.15. The summed E-state index contributed by atoms with van der Waals surface area (Å²) in [6.07, 6.45) is 0. The first-order chi connectivity index (χ1) is 9.10. The Labute approximate surface area is 120 Å². The molecule has 2 rings (SSSR count). The van der Waals surface area contributed by atoms with Gasteiger partial charge in [-0.15, -0.1) is 0 Å². The normalized spacial score (nSPS) is 10.5. The van der Waals surface area contributed by atoms with Gasteiger partial charge in [-0.05, 0) is 29.8 Å². The van der Waals surface area contributed by atoms with Crippen LogP contribution in [0.25, 0.3) is 0 Å². The van der Waals surface area contributed by atoms with Crippen molar-refractivity contribution >= 4 is 21.8 Å². The first-order valence-corrected chi connectivity index (χ1v) is 6.68. The monoisotopic (exact) mass is 322 g/mol. The number of benzene rings is 1. The van der Waals surface area contributed by atoms with Gasteiger partial charge in [0.15, 0.2) is 5.76 Å². The maximum absolute atomic E-state index is 12.1. The highest BCUT2D eigenvalue weighted by Gasteiger charge is 2.15. The van der Waals surface area contributed by atoms with Crippen molar-refractivity contribution in [2.75, 3.05) is 7.05 Å². The minimum atomic E-state index is -0.150. The molecule has 0 saturated carbocycles. The minimum absolute atomic E-state index is 0.150. The lowest BCUT2D eigenvalue weighted by Crippen LogP contribution is -2.25. The number of nitrogens with two attached hydrogens (primary N) is 1. The summed E-state index contributed by atoms with van der Waals surface area (Å²) in [5.41, 5.74) is 6.51. The van der Waals surface area contributed by atoms with Gasteiger partial charge in [0.2, 0.25) is 0 Å². The van der Waals surface area contributed by atoms with Crippen LogP contribution in [0.4, 0.5) is 0 Å². The van der Waals surface area contributed by atoms with Crippen LogP contribution in [0.2, 0.25) is 0 Å². The molecular weight excluding hydrogens is 308 g/mol. The Morgan fingerprint density at radius 3 is 2.53 bits per heavy atom. The van der Waals surface area contributed by atoms with Crippen LogP contribution in [-0.4, -0.2) is 17.9 Å². The SMILES string of the molecule is CN(Cc1ccc(Br)cc1)C(=O)c1ccc(CN)o1. The number of amides is 1. The molecule has 2 aromatic rings. The van der Waals surface area contributed by atoms with E-state index in [1.54, 1.807) is 24.1 Å². The second-order valence-electron chi connectivity index (χ2n) is 4.26. The maximum atomic E-state index is 12.1. The summed E-state index contributed by atoms with van der Waals surface area (Å²) in [5, 5.41) is 0. The molecule has 19 heavy (non-hydrogen) atoms. The van der Waals surface area contributed by atoms with Crippen LogP contribution in [0.5, 0.6) is 0 Å². The van der Waals surface area contributed by atoms with E-state index >= 15 is 0 Å². The van der Waals surface area contributed by atoms with Crippen molar-refractivity contribution in [1.82, 2.24) is 4.90 Å². The van der Waals surface area contributed by atoms with Crippen LogP contribution in [0, 0.1) is 0 Å². The number of hydrogen-bond donors (Lipinski definition) is 1. The molecule has 2 N–H and O–H groups in total. The third-order valence-electron chi connectivity index (χ3n) is 2.75. The van der Waals surface area contributed by atoms with E-state index in [-0.39, 0.29) is 5.91 Å². The zero-order valence-corrected chi connectivity index (χ0v) is 12.2. The number of halogens is 1. The average molecular weight is 323 g/mol. The summed E-state index contributed by atoms with van der Waals surface area (Å²) in [6, 6.07) is 11.2. The third kappa shape index (κ3) is 3.45. The zero-order chi connectivity index (χ0) is 13.8. The van der Waals surface area contributed by atoms with E-state index in [1.165, 1.54) is 0 Å². The van der Waals surface area contributed by atoms with E-state index in [2.05, 4.69) is 15.9 Å². The molecule has 5 heteroatoms. The summed E-state index contributed by atoms with van der Waals surface area (Å²) in [7, 11) is 1.75. The van der Waals surface area contributed by atoms with Crippen molar-refractivity contribution in [3.05, 3.63) is 58.0 Å². The van der Waals surface area contributed by atoms with Crippen molar-refractivity contribution in [2.45, 2.75) is 13.1 Å². The Bertz CT molecular complexity index is 563. The largest absolute Gasteiger partial charge is 0.455 e. The quantitative estimate of drug-likeness (QED) is 0.941. The Balaban J connectivity index is 2.04. The summed E-state index contributed by atoms with van der Waals surface area (Å²) in [5.74, 6) is 0.781. The number of carbonyl (C=O) groups is 1. The minimum Gasteiger partial charge on any atom is -0.455 e. The summed E-state index contributed by atoms with van der Waals surface area (Å²) < 4.78 is 6.37. The van der Waals surface area contributed by atoms with E-state index in [1.807, 2.05) is 24.3 Å². The number of furan rings is 1. The van der Waals surface area contributed by atoms with Crippen molar-refractivity contribution < 1.29 is 9.21 Å². The molecule has 0 fully saturated rings. The Kier molecular flexibility index (Phi) is 4.39. The highest BCUT2D eigenvalue weighted by atomic mass is 79.9. The van der Waals surface area contributed by atoms with Gasteiger partial charge in [0.25, 0.3) is 5.91 Å². The molecule has 0 radical (unpaired) electrons. The number of nitrogens with zero attached hydrogens (tertiary/aromatic N) is 1. The molecule has 0 atom stereocenters. The van der Waals surface area contributed by atoms with Gasteiger partial charge in [-0.2, -0.15) is 0 Å². The van der Waals surface area contributed by atoms with Crippen molar-refractivity contribution in [3.8, 4) is 0 Å². The van der Waals surface area contributed by atoms with E-state index in [0.717, 1.165) is 10.0 Å². The number of rotatable bonds is 4. The number of hydrogen-bond acceptors (Lipinski definition) is 3.